The van der Waals surface area contributed by atoms with Crippen molar-refractivity contribution in [3.8, 4) is 0 Å². The van der Waals surface area contributed by atoms with Crippen LogP contribution in [0.4, 0.5) is 13.2 Å². The normalized spacial score (nSPS) is 18.3. The molecule has 0 saturated heterocycles. The molecule has 1 saturated carbocycles. The number of nitrogens with one attached hydrogen (secondary N) is 3. The highest BCUT2D eigenvalue weighted by atomic mass is 35.5. The molecule has 6 nitrogen and oxygen atoms in total. The van der Waals surface area contributed by atoms with Crippen molar-refractivity contribution in [3.05, 3.63) is 99.6 Å². The third kappa shape index (κ3) is 8.17. The van der Waals surface area contributed by atoms with Gasteiger partial charge in [0.2, 0.25) is 15.9 Å². The predicted octanol–water partition coefficient (Wildman–Crippen LogP) is 6.99. The standard InChI is InChI=1S/C32H35ClF3N3O3S/c33-25-14-12-22(13-15-25)30(39-43(41,42)27-9-4-6-24(18-27)32(34,35)36)19-31(40)38-29-10-3-5-23-17-21(11-16-28(23)29)20-37-26-7-1-2-8-26/h4,6,9,11-18,26,29-30,37,39H,1-3,5,7-8,10,19-20H2,(H,38,40). The molecule has 1 amide bonds. The van der Waals surface area contributed by atoms with Crippen molar-refractivity contribution in [1.82, 2.24) is 15.4 Å². The molecule has 43 heavy (non-hydrogen) atoms. The second-order valence-corrected chi connectivity index (χ2v) is 13.5. The summed E-state index contributed by atoms with van der Waals surface area (Å²) in [7, 11) is -4.41. The summed E-state index contributed by atoms with van der Waals surface area (Å²) in [6.07, 6.45) is 2.59. The number of halogens is 4. The van der Waals surface area contributed by atoms with E-state index in [-0.39, 0.29) is 18.4 Å². The van der Waals surface area contributed by atoms with E-state index >= 15 is 0 Å². The fraction of sp³-hybridized carbons (Fsp3) is 0.406. The van der Waals surface area contributed by atoms with Crippen molar-refractivity contribution in [2.45, 2.75) is 87.1 Å². The van der Waals surface area contributed by atoms with Gasteiger partial charge in [0.25, 0.3) is 0 Å². The van der Waals surface area contributed by atoms with E-state index in [0.717, 1.165) is 49.6 Å². The van der Waals surface area contributed by atoms with Gasteiger partial charge in [-0.2, -0.15) is 13.2 Å². The van der Waals surface area contributed by atoms with Crippen molar-refractivity contribution in [2.75, 3.05) is 0 Å². The van der Waals surface area contributed by atoms with E-state index in [1.807, 2.05) is 0 Å². The van der Waals surface area contributed by atoms with Crippen LogP contribution in [-0.4, -0.2) is 20.4 Å². The zero-order valence-electron chi connectivity index (χ0n) is 23.6. The van der Waals surface area contributed by atoms with Gasteiger partial charge < -0.3 is 10.6 Å². The third-order valence-electron chi connectivity index (χ3n) is 8.24. The van der Waals surface area contributed by atoms with E-state index < -0.39 is 32.7 Å². The Hall–Kier alpha value is -2.92. The van der Waals surface area contributed by atoms with E-state index in [2.05, 4.69) is 33.6 Å². The van der Waals surface area contributed by atoms with Crippen LogP contribution in [0.15, 0.2) is 71.6 Å². The first-order valence-corrected chi connectivity index (χ1v) is 16.4. The second-order valence-electron chi connectivity index (χ2n) is 11.4. The van der Waals surface area contributed by atoms with E-state index in [9.17, 15) is 26.4 Å². The highest BCUT2D eigenvalue weighted by molar-refractivity contribution is 7.89. The van der Waals surface area contributed by atoms with E-state index in [0.29, 0.717) is 22.7 Å². The van der Waals surface area contributed by atoms with Crippen LogP contribution in [0.1, 0.15) is 84.8 Å². The van der Waals surface area contributed by atoms with E-state index in [1.54, 1.807) is 24.3 Å². The van der Waals surface area contributed by atoms with Gasteiger partial charge in [0, 0.05) is 24.0 Å². The minimum absolute atomic E-state index is 0.223. The van der Waals surface area contributed by atoms with Gasteiger partial charge in [-0.3, -0.25) is 4.79 Å². The molecule has 0 aromatic heterocycles. The third-order valence-corrected chi connectivity index (χ3v) is 9.96. The highest BCUT2D eigenvalue weighted by Gasteiger charge is 2.33. The highest BCUT2D eigenvalue weighted by Crippen LogP contribution is 2.33. The molecule has 1 fully saturated rings. The molecular weight excluding hydrogens is 599 g/mol. The summed E-state index contributed by atoms with van der Waals surface area (Å²) in [5, 5.41) is 7.13. The number of hydrogen-bond donors (Lipinski definition) is 3. The molecule has 3 aromatic rings. The minimum atomic E-state index is -4.70. The van der Waals surface area contributed by atoms with Gasteiger partial charge in [0.15, 0.2) is 0 Å². The number of alkyl halides is 3. The van der Waals surface area contributed by atoms with Crippen LogP contribution in [0.25, 0.3) is 0 Å². The minimum Gasteiger partial charge on any atom is -0.349 e. The number of hydrogen-bond acceptors (Lipinski definition) is 4. The first kappa shape index (κ1) is 31.5. The average molecular weight is 634 g/mol. The molecule has 2 aliphatic carbocycles. The summed E-state index contributed by atoms with van der Waals surface area (Å²) in [5.41, 5.74) is 2.84. The predicted molar refractivity (Wildman–Crippen MR) is 160 cm³/mol. The fourth-order valence-electron chi connectivity index (χ4n) is 5.98. The van der Waals surface area contributed by atoms with E-state index in [1.165, 1.54) is 36.8 Å². The van der Waals surface area contributed by atoms with E-state index in [4.69, 9.17) is 11.6 Å². The number of rotatable bonds is 10. The van der Waals surface area contributed by atoms with Crippen molar-refractivity contribution in [1.29, 1.82) is 0 Å². The Kier molecular flexibility index (Phi) is 9.80. The zero-order valence-corrected chi connectivity index (χ0v) is 25.2. The number of carbonyl (C=O) groups excluding carboxylic acids is 1. The van der Waals surface area contributed by atoms with Gasteiger partial charge in [-0.05, 0) is 84.7 Å². The van der Waals surface area contributed by atoms with Crippen molar-refractivity contribution >= 4 is 27.5 Å². The number of carbonyl (C=O) groups is 1. The number of fused-ring (bicyclic) bond motifs is 1. The molecule has 0 radical (unpaired) electrons. The van der Waals surface area contributed by atoms with Gasteiger partial charge >= 0.3 is 6.18 Å². The van der Waals surface area contributed by atoms with Crippen LogP contribution in [0.5, 0.6) is 0 Å². The van der Waals surface area contributed by atoms with Crippen molar-refractivity contribution in [3.63, 3.8) is 0 Å². The SMILES string of the molecule is O=C(CC(NS(=O)(=O)c1cccc(C(F)(F)F)c1)c1ccc(Cl)cc1)NC1CCCc2cc(CNC3CCCC3)ccc21. The smallest absolute Gasteiger partial charge is 0.349 e. The Labute approximate surface area is 255 Å². The molecule has 230 valence electrons. The molecule has 0 heterocycles. The fourth-order valence-corrected chi connectivity index (χ4v) is 7.37. The molecule has 3 aromatic carbocycles. The van der Waals surface area contributed by atoms with Crippen LogP contribution in [-0.2, 0) is 34.0 Å². The average Bonchev–Trinajstić information content (AvgIpc) is 3.50. The monoisotopic (exact) mass is 633 g/mol. The van der Waals surface area contributed by atoms with Crippen LogP contribution in [0.2, 0.25) is 5.02 Å². The van der Waals surface area contributed by atoms with Crippen LogP contribution < -0.4 is 15.4 Å². The Morgan fingerprint density at radius 2 is 1.70 bits per heavy atom. The largest absolute Gasteiger partial charge is 0.416 e. The lowest BCUT2D eigenvalue weighted by molar-refractivity contribution is -0.137. The Morgan fingerprint density at radius 3 is 2.42 bits per heavy atom. The van der Waals surface area contributed by atoms with Crippen molar-refractivity contribution < 1.29 is 26.4 Å². The summed E-state index contributed by atoms with van der Waals surface area (Å²) in [5.74, 6) is -0.378. The van der Waals surface area contributed by atoms with Crippen LogP contribution in [0.3, 0.4) is 0 Å². The molecule has 2 aliphatic rings. The van der Waals surface area contributed by atoms with Crippen molar-refractivity contribution in [2.24, 2.45) is 0 Å². The van der Waals surface area contributed by atoms with Gasteiger partial charge in [-0.25, -0.2) is 13.1 Å². The Bertz CT molecular complexity index is 1540. The number of sulfonamides is 1. The number of amides is 1. The maximum Gasteiger partial charge on any atom is 0.416 e. The van der Waals surface area contributed by atoms with Gasteiger partial charge in [-0.15, -0.1) is 0 Å². The lowest BCUT2D eigenvalue weighted by Crippen LogP contribution is -2.36. The van der Waals surface area contributed by atoms with Crippen LogP contribution in [0, 0.1) is 0 Å². The maximum atomic E-state index is 13.4. The maximum absolute atomic E-state index is 13.4. The summed E-state index contributed by atoms with van der Waals surface area (Å²) in [4.78, 5) is 12.8. The number of benzene rings is 3. The molecule has 0 spiro atoms. The molecule has 5 rings (SSSR count). The zero-order chi connectivity index (χ0) is 30.6. The molecule has 2 unspecified atom stereocenters. The Morgan fingerprint density at radius 1 is 0.953 bits per heavy atom. The lowest BCUT2D eigenvalue weighted by atomic mass is 9.86. The lowest BCUT2D eigenvalue weighted by Gasteiger charge is -2.28. The van der Waals surface area contributed by atoms with Gasteiger partial charge in [0.05, 0.1) is 22.5 Å². The molecule has 11 heteroatoms. The molecule has 3 N–H and O–H groups in total. The Balaban J connectivity index is 1.30. The molecule has 0 bridgehead atoms. The quantitative estimate of drug-likeness (QED) is 0.225. The summed E-state index contributed by atoms with van der Waals surface area (Å²) in [6, 6.07) is 15.5. The van der Waals surface area contributed by atoms with Gasteiger partial charge in [-0.1, -0.05) is 60.8 Å². The molecule has 2 atom stereocenters. The summed E-state index contributed by atoms with van der Waals surface area (Å²) in [6.45, 7) is 0.809. The molecular formula is C32H35ClF3N3O3S. The second kappa shape index (κ2) is 13.4. The summed E-state index contributed by atoms with van der Waals surface area (Å²) < 4.78 is 68.7. The first-order chi connectivity index (χ1) is 20.5. The van der Waals surface area contributed by atoms with Crippen LogP contribution >= 0.6 is 11.6 Å². The van der Waals surface area contributed by atoms with Gasteiger partial charge in [0.1, 0.15) is 0 Å². The summed E-state index contributed by atoms with van der Waals surface area (Å²) >= 11 is 6.02. The molecule has 0 aliphatic heterocycles. The topological polar surface area (TPSA) is 87.3 Å². The number of aryl methyl sites for hydroxylation is 1. The first-order valence-electron chi connectivity index (χ1n) is 14.6.